The first-order chi connectivity index (χ1) is 9.13. The Labute approximate surface area is 117 Å². The molecule has 98 valence electrons. The van der Waals surface area contributed by atoms with Crippen LogP contribution in [0.1, 0.15) is 23.5 Å². The largest absolute Gasteiger partial charge is 0.398 e. The molecule has 1 amide bonds. The van der Waals surface area contributed by atoms with Crippen molar-refractivity contribution in [3.05, 3.63) is 28.5 Å². The number of nitrogens with two attached hydrogens (primary N) is 1. The number of hydrogen-bond donors (Lipinski definition) is 2. The molecule has 0 saturated heterocycles. The van der Waals surface area contributed by atoms with E-state index in [1.165, 1.54) is 0 Å². The van der Waals surface area contributed by atoms with E-state index < -0.39 is 0 Å². The van der Waals surface area contributed by atoms with Crippen molar-refractivity contribution in [1.82, 2.24) is 15.5 Å². The summed E-state index contributed by atoms with van der Waals surface area (Å²) in [6, 6.07) is 5.52. The third-order valence-corrected chi connectivity index (χ3v) is 3.48. The Bertz CT molecular complexity index is 636. The summed E-state index contributed by atoms with van der Waals surface area (Å²) < 4.78 is 5.83. The Balaban J connectivity index is 1.83. The third-order valence-electron chi connectivity index (χ3n) is 2.79. The fourth-order valence-corrected chi connectivity index (χ4v) is 1.95. The molecule has 1 aromatic heterocycles. The molecule has 1 aliphatic carbocycles. The van der Waals surface area contributed by atoms with Gasteiger partial charge in [-0.15, -0.1) is 0 Å². The number of anilines is 1. The highest BCUT2D eigenvalue weighted by atomic mass is 79.9. The Morgan fingerprint density at radius 3 is 2.95 bits per heavy atom. The molecule has 0 spiro atoms. The van der Waals surface area contributed by atoms with Gasteiger partial charge in [0, 0.05) is 21.8 Å². The molecule has 7 heteroatoms. The maximum atomic E-state index is 11.7. The first-order valence-corrected chi connectivity index (χ1v) is 6.63. The van der Waals surface area contributed by atoms with Gasteiger partial charge in [0.25, 0.3) is 17.6 Å². The Morgan fingerprint density at radius 1 is 1.47 bits per heavy atom. The van der Waals surface area contributed by atoms with E-state index in [4.69, 9.17) is 10.3 Å². The van der Waals surface area contributed by atoms with Crippen LogP contribution >= 0.6 is 15.9 Å². The van der Waals surface area contributed by atoms with E-state index >= 15 is 0 Å². The molecule has 0 aliphatic heterocycles. The van der Waals surface area contributed by atoms with E-state index in [9.17, 15) is 4.79 Å². The molecule has 2 aromatic rings. The van der Waals surface area contributed by atoms with Crippen LogP contribution in [0.2, 0.25) is 0 Å². The standard InChI is InChI=1S/C12H11BrN4O2/c13-8-5-6(1-4-9(8)14)12-16-10(17-19-12)11(18)15-7-2-3-7/h1,4-5,7H,2-3,14H2,(H,15,18). The minimum absolute atomic E-state index is 0.0508. The van der Waals surface area contributed by atoms with Crippen LogP contribution in [0.5, 0.6) is 0 Å². The Kier molecular flexibility index (Phi) is 2.98. The average Bonchev–Trinajstić information content (AvgIpc) is 3.06. The summed E-state index contributed by atoms with van der Waals surface area (Å²) in [5, 5.41) is 6.48. The lowest BCUT2D eigenvalue weighted by molar-refractivity contribution is 0.0937. The van der Waals surface area contributed by atoms with Gasteiger partial charge in [-0.3, -0.25) is 4.79 Å². The van der Waals surface area contributed by atoms with Gasteiger partial charge in [0.2, 0.25) is 0 Å². The van der Waals surface area contributed by atoms with Gasteiger partial charge in [0.05, 0.1) is 0 Å². The van der Waals surface area contributed by atoms with Crippen LogP contribution in [0.15, 0.2) is 27.2 Å². The first-order valence-electron chi connectivity index (χ1n) is 5.83. The van der Waals surface area contributed by atoms with Crippen molar-refractivity contribution >= 4 is 27.5 Å². The van der Waals surface area contributed by atoms with Crippen molar-refractivity contribution in [3.63, 3.8) is 0 Å². The topological polar surface area (TPSA) is 94.0 Å². The van der Waals surface area contributed by atoms with Crippen LogP contribution in [0.3, 0.4) is 0 Å². The molecule has 1 aromatic carbocycles. The number of hydrogen-bond acceptors (Lipinski definition) is 5. The van der Waals surface area contributed by atoms with Crippen molar-refractivity contribution < 1.29 is 9.32 Å². The molecule has 6 nitrogen and oxygen atoms in total. The molecule has 1 heterocycles. The molecule has 0 unspecified atom stereocenters. The Hall–Kier alpha value is -1.89. The molecule has 19 heavy (non-hydrogen) atoms. The number of carbonyl (C=O) groups is 1. The first kappa shape index (κ1) is 12.2. The SMILES string of the molecule is Nc1ccc(-c2nc(C(=O)NC3CC3)no2)cc1Br. The number of aromatic nitrogens is 2. The van der Waals surface area contributed by atoms with Crippen LogP contribution in [-0.2, 0) is 0 Å². The molecule has 1 aliphatic rings. The van der Waals surface area contributed by atoms with Gasteiger partial charge < -0.3 is 15.6 Å². The molecule has 1 fully saturated rings. The average molecular weight is 323 g/mol. The lowest BCUT2D eigenvalue weighted by Crippen LogP contribution is -2.26. The Morgan fingerprint density at radius 2 is 2.26 bits per heavy atom. The molecule has 0 atom stereocenters. The second-order valence-corrected chi connectivity index (χ2v) is 5.26. The van der Waals surface area contributed by atoms with Gasteiger partial charge >= 0.3 is 0 Å². The van der Waals surface area contributed by atoms with Crippen molar-refractivity contribution in [3.8, 4) is 11.5 Å². The zero-order chi connectivity index (χ0) is 13.4. The van der Waals surface area contributed by atoms with Crippen molar-refractivity contribution in [2.75, 3.05) is 5.73 Å². The minimum Gasteiger partial charge on any atom is -0.398 e. The number of rotatable bonds is 3. The predicted molar refractivity (Wildman–Crippen MR) is 72.3 cm³/mol. The monoisotopic (exact) mass is 322 g/mol. The van der Waals surface area contributed by atoms with Crippen LogP contribution < -0.4 is 11.1 Å². The summed E-state index contributed by atoms with van der Waals surface area (Å²) in [5.41, 5.74) is 7.03. The molecular weight excluding hydrogens is 312 g/mol. The van der Waals surface area contributed by atoms with Crippen molar-refractivity contribution in [2.24, 2.45) is 0 Å². The van der Waals surface area contributed by atoms with E-state index in [1.54, 1.807) is 18.2 Å². The van der Waals surface area contributed by atoms with Crippen LogP contribution in [-0.4, -0.2) is 22.1 Å². The smallest absolute Gasteiger partial charge is 0.292 e. The van der Waals surface area contributed by atoms with Crippen LogP contribution in [0.4, 0.5) is 5.69 Å². The number of nitrogen functional groups attached to an aromatic ring is 1. The normalized spacial score (nSPS) is 14.4. The third kappa shape index (κ3) is 2.60. The van der Waals surface area contributed by atoms with Gasteiger partial charge in [-0.25, -0.2) is 0 Å². The highest BCUT2D eigenvalue weighted by molar-refractivity contribution is 9.10. The summed E-state index contributed by atoms with van der Waals surface area (Å²) in [6.45, 7) is 0. The summed E-state index contributed by atoms with van der Waals surface area (Å²) in [7, 11) is 0. The van der Waals surface area contributed by atoms with Crippen LogP contribution in [0, 0.1) is 0 Å². The fourth-order valence-electron chi connectivity index (χ4n) is 1.57. The number of halogens is 1. The summed E-state index contributed by atoms with van der Waals surface area (Å²) >= 11 is 3.33. The predicted octanol–water partition coefficient (Wildman–Crippen LogP) is 1.97. The summed E-state index contributed by atoms with van der Waals surface area (Å²) in [6.07, 6.45) is 2.03. The lowest BCUT2D eigenvalue weighted by Gasteiger charge is -1.99. The van der Waals surface area contributed by atoms with Crippen molar-refractivity contribution in [2.45, 2.75) is 18.9 Å². The molecular formula is C12H11BrN4O2. The van der Waals surface area contributed by atoms with Gasteiger partial charge in [-0.1, -0.05) is 5.16 Å². The molecule has 0 bridgehead atoms. The number of amides is 1. The zero-order valence-electron chi connectivity index (χ0n) is 9.89. The number of nitrogens with zero attached hydrogens (tertiary/aromatic N) is 2. The summed E-state index contributed by atoms with van der Waals surface area (Å²) in [4.78, 5) is 15.8. The van der Waals surface area contributed by atoms with E-state index in [1.807, 2.05) is 0 Å². The van der Waals surface area contributed by atoms with Crippen molar-refractivity contribution in [1.29, 1.82) is 0 Å². The number of nitrogens with one attached hydrogen (secondary N) is 1. The van der Waals surface area contributed by atoms with Gasteiger partial charge in [-0.05, 0) is 47.0 Å². The van der Waals surface area contributed by atoms with Crippen LogP contribution in [0.25, 0.3) is 11.5 Å². The maximum Gasteiger partial charge on any atom is 0.292 e. The second kappa shape index (κ2) is 4.65. The number of carbonyl (C=O) groups excluding carboxylic acids is 1. The fraction of sp³-hybridized carbons (Fsp3) is 0.250. The molecule has 1 saturated carbocycles. The molecule has 3 rings (SSSR count). The van der Waals surface area contributed by atoms with E-state index in [0.29, 0.717) is 17.1 Å². The van der Waals surface area contributed by atoms with E-state index in [-0.39, 0.29) is 17.8 Å². The van der Waals surface area contributed by atoms with Gasteiger partial charge in [0.15, 0.2) is 0 Å². The highest BCUT2D eigenvalue weighted by Gasteiger charge is 2.26. The van der Waals surface area contributed by atoms with Gasteiger partial charge in [-0.2, -0.15) is 4.98 Å². The lowest BCUT2D eigenvalue weighted by atomic mass is 10.2. The minimum atomic E-state index is -0.299. The van der Waals surface area contributed by atoms with E-state index in [2.05, 4.69) is 31.4 Å². The highest BCUT2D eigenvalue weighted by Crippen LogP contribution is 2.26. The number of benzene rings is 1. The molecule has 0 radical (unpaired) electrons. The molecule has 3 N–H and O–H groups in total. The zero-order valence-corrected chi connectivity index (χ0v) is 11.5. The van der Waals surface area contributed by atoms with E-state index in [0.717, 1.165) is 17.3 Å². The summed E-state index contributed by atoms with van der Waals surface area (Å²) in [5.74, 6) is 0.0449. The second-order valence-electron chi connectivity index (χ2n) is 4.41. The maximum absolute atomic E-state index is 11.7. The quantitative estimate of drug-likeness (QED) is 0.842. The van der Waals surface area contributed by atoms with Gasteiger partial charge in [0.1, 0.15) is 0 Å².